The number of para-hydroxylation sites is 1. The minimum absolute atomic E-state index is 0.141. The zero-order valence-electron chi connectivity index (χ0n) is 13.5. The second-order valence-electron chi connectivity index (χ2n) is 5.76. The van der Waals surface area contributed by atoms with E-state index >= 15 is 0 Å². The minimum atomic E-state index is -0.141. The van der Waals surface area contributed by atoms with Gasteiger partial charge in [-0.3, -0.25) is 14.5 Å². The molecule has 0 bridgehead atoms. The summed E-state index contributed by atoms with van der Waals surface area (Å²) in [6.45, 7) is 1.27. The van der Waals surface area contributed by atoms with Crippen molar-refractivity contribution in [3.05, 3.63) is 88.5 Å². The number of aromatic amines is 1. The molecule has 0 spiro atoms. The van der Waals surface area contributed by atoms with E-state index < -0.39 is 0 Å². The van der Waals surface area contributed by atoms with Gasteiger partial charge < -0.3 is 5.32 Å². The maximum absolute atomic E-state index is 12.1. The molecular weight excluding hydrogens is 314 g/mol. The summed E-state index contributed by atoms with van der Waals surface area (Å²) >= 11 is 0. The molecule has 2 heterocycles. The van der Waals surface area contributed by atoms with Crippen LogP contribution < -0.4 is 10.9 Å². The van der Waals surface area contributed by atoms with E-state index in [2.05, 4.69) is 32.5 Å². The molecule has 2 aromatic heterocycles. The normalized spacial score (nSPS) is 10.9. The van der Waals surface area contributed by atoms with Gasteiger partial charge in [0.1, 0.15) is 0 Å². The number of hydrogen-bond acceptors (Lipinski definition) is 4. The van der Waals surface area contributed by atoms with E-state index in [1.54, 1.807) is 12.3 Å². The first kappa shape index (κ1) is 15.1. The molecule has 0 amide bonds. The van der Waals surface area contributed by atoms with Crippen molar-refractivity contribution in [2.24, 2.45) is 0 Å². The molecule has 4 rings (SSSR count). The number of nitrogens with zero attached hydrogens (tertiary/aromatic N) is 3. The molecule has 0 saturated heterocycles. The second-order valence-corrected chi connectivity index (χ2v) is 5.76. The van der Waals surface area contributed by atoms with Crippen LogP contribution in [0.15, 0.2) is 71.8 Å². The van der Waals surface area contributed by atoms with Crippen molar-refractivity contribution in [1.29, 1.82) is 0 Å². The second kappa shape index (κ2) is 6.60. The fourth-order valence-corrected chi connectivity index (χ4v) is 2.80. The average Bonchev–Trinajstić information content (AvgIpc) is 3.14. The van der Waals surface area contributed by atoms with Crippen LogP contribution in [0.5, 0.6) is 0 Å². The highest BCUT2D eigenvalue weighted by Gasteiger charge is 2.06. The molecule has 6 nitrogen and oxygen atoms in total. The van der Waals surface area contributed by atoms with Crippen LogP contribution in [0.4, 0.5) is 5.95 Å². The molecule has 0 radical (unpaired) electrons. The summed E-state index contributed by atoms with van der Waals surface area (Å²) in [4.78, 5) is 19.4. The number of benzene rings is 2. The number of fused-ring (bicyclic) bond motifs is 1. The average molecular weight is 331 g/mol. The highest BCUT2D eigenvalue weighted by Crippen LogP contribution is 2.13. The van der Waals surface area contributed by atoms with Crippen molar-refractivity contribution in [2.75, 3.05) is 5.32 Å². The summed E-state index contributed by atoms with van der Waals surface area (Å²) in [5.41, 5.74) is 2.84. The van der Waals surface area contributed by atoms with E-state index in [1.165, 1.54) is 5.56 Å². The Kier molecular flexibility index (Phi) is 4.00. The maximum Gasteiger partial charge on any atom is 0.260 e. The molecule has 0 aliphatic carbocycles. The van der Waals surface area contributed by atoms with Gasteiger partial charge in [-0.05, 0) is 29.3 Å². The summed E-state index contributed by atoms with van der Waals surface area (Å²) in [7, 11) is 0. The molecular formula is C19H17N5O. The first-order chi connectivity index (χ1) is 12.3. The van der Waals surface area contributed by atoms with Gasteiger partial charge in [0.2, 0.25) is 5.95 Å². The van der Waals surface area contributed by atoms with E-state index in [-0.39, 0.29) is 5.56 Å². The lowest BCUT2D eigenvalue weighted by Crippen LogP contribution is -2.14. The van der Waals surface area contributed by atoms with E-state index in [0.29, 0.717) is 29.9 Å². The van der Waals surface area contributed by atoms with E-state index in [1.807, 2.05) is 47.3 Å². The van der Waals surface area contributed by atoms with Gasteiger partial charge >= 0.3 is 0 Å². The number of hydrogen-bond donors (Lipinski definition) is 2. The molecule has 2 N–H and O–H groups in total. The van der Waals surface area contributed by atoms with Gasteiger partial charge in [-0.15, -0.1) is 0 Å². The number of anilines is 1. The molecule has 0 saturated carbocycles. The lowest BCUT2D eigenvalue weighted by Gasteiger charge is -2.11. The number of rotatable bonds is 5. The Labute approximate surface area is 144 Å². The topological polar surface area (TPSA) is 75.6 Å². The van der Waals surface area contributed by atoms with Gasteiger partial charge in [-0.2, -0.15) is 5.10 Å². The Hall–Kier alpha value is -3.41. The van der Waals surface area contributed by atoms with E-state index in [0.717, 1.165) is 5.56 Å². The molecule has 0 aliphatic heterocycles. The molecule has 0 fully saturated rings. The van der Waals surface area contributed by atoms with Crippen LogP contribution in [0, 0.1) is 0 Å². The minimum Gasteiger partial charge on any atom is -0.352 e. The number of nitrogens with one attached hydrogen (secondary N) is 2. The molecule has 0 atom stereocenters. The third kappa shape index (κ3) is 3.28. The zero-order chi connectivity index (χ0) is 17.1. The number of H-pyrrole nitrogens is 1. The van der Waals surface area contributed by atoms with Crippen LogP contribution in [0.25, 0.3) is 10.9 Å². The van der Waals surface area contributed by atoms with Crippen LogP contribution in [0.1, 0.15) is 11.1 Å². The van der Waals surface area contributed by atoms with Crippen molar-refractivity contribution in [3.63, 3.8) is 0 Å². The number of aromatic nitrogens is 4. The first-order valence-corrected chi connectivity index (χ1v) is 8.07. The lowest BCUT2D eigenvalue weighted by molar-refractivity contribution is 0.682. The molecule has 6 heteroatoms. The van der Waals surface area contributed by atoms with Gasteiger partial charge in [-0.1, -0.05) is 36.4 Å². The largest absolute Gasteiger partial charge is 0.352 e. The van der Waals surface area contributed by atoms with Crippen LogP contribution in [-0.4, -0.2) is 19.7 Å². The summed E-state index contributed by atoms with van der Waals surface area (Å²) in [6, 6.07) is 17.4. The monoisotopic (exact) mass is 331 g/mol. The van der Waals surface area contributed by atoms with E-state index in [9.17, 15) is 4.79 Å². The molecule has 0 unspecified atom stereocenters. The first-order valence-electron chi connectivity index (χ1n) is 8.07. The third-order valence-electron chi connectivity index (χ3n) is 4.07. The Morgan fingerprint density at radius 2 is 1.80 bits per heavy atom. The Morgan fingerprint density at radius 1 is 1.00 bits per heavy atom. The standard InChI is InChI=1S/C19H17N5O/c25-18-16-8-3-4-9-17(16)22-19(23-18)20-12-14-6-1-2-7-15(14)13-24-11-5-10-21-24/h1-11H,12-13H2,(H2,20,22,23,25). The van der Waals surface area contributed by atoms with Gasteiger partial charge in [0.25, 0.3) is 5.56 Å². The molecule has 4 aromatic rings. The molecule has 0 aliphatic rings. The lowest BCUT2D eigenvalue weighted by atomic mass is 10.1. The summed E-state index contributed by atoms with van der Waals surface area (Å²) in [6.07, 6.45) is 3.71. The predicted octanol–water partition coefficient (Wildman–Crippen LogP) is 2.78. The summed E-state index contributed by atoms with van der Waals surface area (Å²) < 4.78 is 1.88. The Morgan fingerprint density at radius 3 is 2.64 bits per heavy atom. The fourth-order valence-electron chi connectivity index (χ4n) is 2.80. The van der Waals surface area contributed by atoms with Gasteiger partial charge in [0.15, 0.2) is 0 Å². The summed E-state index contributed by atoms with van der Waals surface area (Å²) in [5.74, 6) is 0.470. The highest BCUT2D eigenvalue weighted by molar-refractivity contribution is 5.78. The van der Waals surface area contributed by atoms with Gasteiger partial charge in [-0.25, -0.2) is 4.98 Å². The van der Waals surface area contributed by atoms with Gasteiger partial charge in [0, 0.05) is 18.9 Å². The zero-order valence-corrected chi connectivity index (χ0v) is 13.5. The van der Waals surface area contributed by atoms with Crippen LogP contribution in [0.3, 0.4) is 0 Å². The van der Waals surface area contributed by atoms with Crippen LogP contribution >= 0.6 is 0 Å². The van der Waals surface area contributed by atoms with E-state index in [4.69, 9.17) is 0 Å². The van der Waals surface area contributed by atoms with Crippen LogP contribution in [-0.2, 0) is 13.1 Å². The van der Waals surface area contributed by atoms with Gasteiger partial charge in [0.05, 0.1) is 17.4 Å². The highest BCUT2D eigenvalue weighted by atomic mass is 16.1. The fraction of sp³-hybridized carbons (Fsp3) is 0.105. The predicted molar refractivity (Wildman–Crippen MR) is 97.5 cm³/mol. The van der Waals surface area contributed by atoms with Crippen molar-refractivity contribution in [1.82, 2.24) is 19.7 Å². The quantitative estimate of drug-likeness (QED) is 0.590. The third-order valence-corrected chi connectivity index (χ3v) is 4.07. The Balaban J connectivity index is 1.57. The smallest absolute Gasteiger partial charge is 0.260 e. The van der Waals surface area contributed by atoms with Crippen molar-refractivity contribution in [3.8, 4) is 0 Å². The SMILES string of the molecule is O=c1[nH]c(NCc2ccccc2Cn2cccn2)nc2ccccc12. The summed E-state index contributed by atoms with van der Waals surface area (Å²) in [5, 5.41) is 8.06. The molecule has 124 valence electrons. The maximum atomic E-state index is 12.1. The van der Waals surface area contributed by atoms with Crippen molar-refractivity contribution >= 4 is 16.9 Å². The van der Waals surface area contributed by atoms with Crippen LogP contribution in [0.2, 0.25) is 0 Å². The Bertz CT molecular complexity index is 1050. The van der Waals surface area contributed by atoms with Crippen molar-refractivity contribution in [2.45, 2.75) is 13.1 Å². The molecule has 2 aromatic carbocycles. The van der Waals surface area contributed by atoms with Crippen molar-refractivity contribution < 1.29 is 0 Å². The molecule has 25 heavy (non-hydrogen) atoms.